The third-order valence-corrected chi connectivity index (χ3v) is 7.50. The Labute approximate surface area is 227 Å². The second-order valence-electron chi connectivity index (χ2n) is 8.03. The number of carbonyl (C=O) groups is 2. The van der Waals surface area contributed by atoms with E-state index in [9.17, 15) is 9.59 Å². The Morgan fingerprint density at radius 3 is 2.31 bits per heavy atom. The van der Waals surface area contributed by atoms with Gasteiger partial charge in [0.25, 0.3) is 11.8 Å². The van der Waals surface area contributed by atoms with E-state index in [1.54, 1.807) is 42.1 Å². The first-order valence-corrected chi connectivity index (χ1v) is 13.2. The molecule has 0 spiro atoms. The maximum atomic E-state index is 13.4. The van der Waals surface area contributed by atoms with Gasteiger partial charge in [0.15, 0.2) is 5.11 Å². The fourth-order valence-electron chi connectivity index (χ4n) is 4.01. The summed E-state index contributed by atoms with van der Waals surface area (Å²) in [6, 6.07) is 22.4. The SMILES string of the molecule is O=C1NC(=S)N(c2ccc(Cl)cc2)C(=O)/C1=C/c1cn(CCSc2ccc(Cl)cc2)c2ccccc12. The fraction of sp³-hybridized carbons (Fsp3) is 0.0741. The molecule has 0 unspecified atom stereocenters. The summed E-state index contributed by atoms with van der Waals surface area (Å²) in [6.45, 7) is 0.748. The predicted molar refractivity (Wildman–Crippen MR) is 152 cm³/mol. The monoisotopic (exact) mass is 551 g/mol. The molecule has 0 radical (unpaired) electrons. The number of thiocarbonyl (C=S) groups is 1. The number of fused-ring (bicyclic) bond motifs is 1. The first-order chi connectivity index (χ1) is 17.4. The number of para-hydroxylation sites is 1. The largest absolute Gasteiger partial charge is 0.346 e. The van der Waals surface area contributed by atoms with Gasteiger partial charge in [0.2, 0.25) is 0 Å². The molecule has 9 heteroatoms. The molecule has 2 amide bonds. The number of amides is 2. The molecule has 4 aromatic rings. The van der Waals surface area contributed by atoms with E-state index in [4.69, 9.17) is 35.4 Å². The Morgan fingerprint density at radius 1 is 0.917 bits per heavy atom. The van der Waals surface area contributed by atoms with Crippen molar-refractivity contribution in [2.24, 2.45) is 0 Å². The lowest BCUT2D eigenvalue weighted by molar-refractivity contribution is -0.122. The van der Waals surface area contributed by atoms with Crippen LogP contribution in [-0.4, -0.2) is 27.2 Å². The zero-order valence-electron chi connectivity index (χ0n) is 18.8. The highest BCUT2D eigenvalue weighted by Crippen LogP contribution is 2.28. The van der Waals surface area contributed by atoms with Crippen molar-refractivity contribution in [3.05, 3.63) is 100 Å². The third-order valence-electron chi connectivity index (χ3n) is 5.72. The average molecular weight is 553 g/mol. The van der Waals surface area contributed by atoms with Crippen LogP contribution in [-0.2, 0) is 16.1 Å². The molecular formula is C27H19Cl2N3O2S2. The van der Waals surface area contributed by atoms with Crippen LogP contribution in [0.5, 0.6) is 0 Å². The Hall–Kier alpha value is -3.10. The molecule has 2 heterocycles. The van der Waals surface area contributed by atoms with Crippen LogP contribution in [0.1, 0.15) is 5.56 Å². The minimum atomic E-state index is -0.523. The molecule has 1 N–H and O–H groups in total. The minimum absolute atomic E-state index is 0.0111. The second kappa shape index (κ2) is 10.5. The van der Waals surface area contributed by atoms with Crippen LogP contribution in [0.15, 0.2) is 89.5 Å². The van der Waals surface area contributed by atoms with Gasteiger partial charge in [0, 0.05) is 49.9 Å². The number of halogens is 2. The summed E-state index contributed by atoms with van der Waals surface area (Å²) < 4.78 is 2.14. The number of hydrogen-bond acceptors (Lipinski definition) is 4. The predicted octanol–water partition coefficient (Wildman–Crippen LogP) is 6.57. The summed E-state index contributed by atoms with van der Waals surface area (Å²) in [7, 11) is 0. The molecule has 0 bridgehead atoms. The Bertz CT molecular complexity index is 1510. The van der Waals surface area contributed by atoms with Crippen molar-refractivity contribution in [3.8, 4) is 0 Å². The van der Waals surface area contributed by atoms with Crippen LogP contribution >= 0.6 is 47.2 Å². The van der Waals surface area contributed by atoms with Crippen molar-refractivity contribution in [1.29, 1.82) is 0 Å². The van der Waals surface area contributed by atoms with E-state index in [0.717, 1.165) is 33.7 Å². The number of nitrogens with zero attached hydrogens (tertiary/aromatic N) is 2. The van der Waals surface area contributed by atoms with Gasteiger partial charge in [-0.05, 0) is 72.9 Å². The van der Waals surface area contributed by atoms with Crippen LogP contribution in [0.4, 0.5) is 5.69 Å². The van der Waals surface area contributed by atoms with E-state index in [0.29, 0.717) is 15.7 Å². The number of anilines is 1. The van der Waals surface area contributed by atoms with Crippen molar-refractivity contribution in [1.82, 2.24) is 9.88 Å². The maximum Gasteiger partial charge on any atom is 0.270 e. The Kier molecular flexibility index (Phi) is 7.16. The molecule has 0 atom stereocenters. The zero-order valence-corrected chi connectivity index (χ0v) is 21.9. The van der Waals surface area contributed by atoms with Gasteiger partial charge in [-0.1, -0.05) is 41.4 Å². The summed E-state index contributed by atoms with van der Waals surface area (Å²) >= 11 is 19.0. The number of carbonyl (C=O) groups excluding carboxylic acids is 2. The van der Waals surface area contributed by atoms with Gasteiger partial charge in [0.05, 0.1) is 5.69 Å². The van der Waals surface area contributed by atoms with Crippen molar-refractivity contribution in [2.75, 3.05) is 10.7 Å². The molecule has 3 aromatic carbocycles. The summed E-state index contributed by atoms with van der Waals surface area (Å²) in [5.74, 6) is -0.166. The van der Waals surface area contributed by atoms with Gasteiger partial charge in [-0.2, -0.15) is 0 Å². The van der Waals surface area contributed by atoms with Gasteiger partial charge in [-0.15, -0.1) is 11.8 Å². The maximum absolute atomic E-state index is 13.4. The van der Waals surface area contributed by atoms with Crippen LogP contribution in [0, 0.1) is 0 Å². The van der Waals surface area contributed by atoms with Gasteiger partial charge in [-0.3, -0.25) is 19.8 Å². The lowest BCUT2D eigenvalue weighted by atomic mass is 10.1. The molecule has 1 aromatic heterocycles. The molecule has 5 nitrogen and oxygen atoms in total. The normalized spacial score (nSPS) is 15.1. The molecule has 1 aliphatic heterocycles. The van der Waals surface area contributed by atoms with Crippen molar-refractivity contribution < 1.29 is 9.59 Å². The summed E-state index contributed by atoms with van der Waals surface area (Å²) in [5, 5.41) is 4.87. The highest BCUT2D eigenvalue weighted by molar-refractivity contribution is 7.99. The first-order valence-electron chi connectivity index (χ1n) is 11.0. The van der Waals surface area contributed by atoms with E-state index < -0.39 is 11.8 Å². The van der Waals surface area contributed by atoms with Crippen molar-refractivity contribution in [3.63, 3.8) is 0 Å². The summed E-state index contributed by atoms with van der Waals surface area (Å²) in [4.78, 5) is 28.6. The number of nitrogens with one attached hydrogen (secondary N) is 1. The van der Waals surface area contributed by atoms with Gasteiger partial charge >= 0.3 is 0 Å². The molecular weight excluding hydrogens is 533 g/mol. The standard InChI is InChI=1S/C27H19Cl2N3O2S2/c28-18-5-9-20(10-6-18)32-26(34)23(25(33)30-27(32)35)15-17-16-31(24-4-2-1-3-22(17)24)13-14-36-21-11-7-19(29)8-12-21/h1-12,15-16H,13-14H2,(H,30,33,35)/b23-15+. The molecule has 0 aliphatic carbocycles. The highest BCUT2D eigenvalue weighted by atomic mass is 35.5. The third kappa shape index (κ3) is 5.06. The van der Waals surface area contributed by atoms with E-state index in [1.807, 2.05) is 54.7 Å². The number of hydrogen-bond donors (Lipinski definition) is 1. The van der Waals surface area contributed by atoms with Gasteiger partial charge in [-0.25, -0.2) is 0 Å². The lowest BCUT2D eigenvalue weighted by Gasteiger charge is -2.28. The Morgan fingerprint density at radius 2 is 1.58 bits per heavy atom. The van der Waals surface area contributed by atoms with Crippen LogP contribution in [0.3, 0.4) is 0 Å². The zero-order chi connectivity index (χ0) is 25.2. The molecule has 5 rings (SSSR count). The van der Waals surface area contributed by atoms with Crippen LogP contribution in [0.25, 0.3) is 17.0 Å². The van der Waals surface area contributed by atoms with Gasteiger partial charge < -0.3 is 4.57 Å². The molecule has 1 fully saturated rings. The number of rotatable bonds is 6. The molecule has 0 saturated carbocycles. The second-order valence-corrected chi connectivity index (χ2v) is 10.5. The number of benzene rings is 3. The van der Waals surface area contributed by atoms with E-state index >= 15 is 0 Å². The lowest BCUT2D eigenvalue weighted by Crippen LogP contribution is -2.54. The number of aromatic nitrogens is 1. The number of aryl methyl sites for hydroxylation is 1. The smallest absolute Gasteiger partial charge is 0.270 e. The first kappa shape index (κ1) is 24.6. The van der Waals surface area contributed by atoms with Crippen molar-refractivity contribution >= 4 is 86.8 Å². The molecule has 1 saturated heterocycles. The quantitative estimate of drug-likeness (QED) is 0.127. The average Bonchev–Trinajstić information content (AvgIpc) is 3.21. The fourth-order valence-corrected chi connectivity index (χ4v) is 5.39. The molecule has 36 heavy (non-hydrogen) atoms. The van der Waals surface area contributed by atoms with Crippen LogP contribution in [0.2, 0.25) is 10.0 Å². The minimum Gasteiger partial charge on any atom is -0.346 e. The summed E-state index contributed by atoms with van der Waals surface area (Å²) in [5.41, 5.74) is 2.35. The van der Waals surface area contributed by atoms with E-state index in [1.165, 1.54) is 4.90 Å². The summed E-state index contributed by atoms with van der Waals surface area (Å²) in [6.07, 6.45) is 3.60. The van der Waals surface area contributed by atoms with Gasteiger partial charge in [0.1, 0.15) is 5.57 Å². The van der Waals surface area contributed by atoms with E-state index in [-0.39, 0.29) is 10.7 Å². The molecule has 1 aliphatic rings. The highest BCUT2D eigenvalue weighted by Gasteiger charge is 2.34. The van der Waals surface area contributed by atoms with Crippen LogP contribution < -0.4 is 10.2 Å². The molecule has 180 valence electrons. The van der Waals surface area contributed by atoms with Crippen molar-refractivity contribution in [2.45, 2.75) is 11.4 Å². The topological polar surface area (TPSA) is 54.3 Å². The Balaban J connectivity index is 1.44. The number of thioether (sulfide) groups is 1. The van der Waals surface area contributed by atoms with E-state index in [2.05, 4.69) is 9.88 Å².